The molecule has 0 unspecified atom stereocenters. The summed E-state index contributed by atoms with van der Waals surface area (Å²) in [6, 6.07) is 0. The maximum atomic E-state index is 4.49. The molecule has 0 saturated carbocycles. The molecule has 0 atom stereocenters. The van der Waals surface area contributed by atoms with Gasteiger partial charge >= 0.3 is 0 Å². The summed E-state index contributed by atoms with van der Waals surface area (Å²) in [4.78, 5) is 13.8. The van der Waals surface area contributed by atoms with Crippen LogP contribution in [0.15, 0.2) is 17.6 Å². The third-order valence-corrected chi connectivity index (χ3v) is 3.88. The highest BCUT2D eigenvalue weighted by Crippen LogP contribution is 2.15. The summed E-state index contributed by atoms with van der Waals surface area (Å²) in [6.45, 7) is 6.28. The van der Waals surface area contributed by atoms with Gasteiger partial charge in [0.05, 0.1) is 18.8 Å². The fraction of sp³-hybridized carbons (Fsp3) is 0.500. The van der Waals surface area contributed by atoms with Gasteiger partial charge in [0.2, 0.25) is 0 Å². The first kappa shape index (κ1) is 14.4. The van der Waals surface area contributed by atoms with Gasteiger partial charge in [0.15, 0.2) is 5.96 Å². The zero-order chi connectivity index (χ0) is 14.4. The highest BCUT2D eigenvalue weighted by atomic mass is 32.1. The first-order valence-electron chi connectivity index (χ1n) is 6.39. The average molecular weight is 293 g/mol. The van der Waals surface area contributed by atoms with E-state index in [0.29, 0.717) is 6.54 Å². The lowest BCUT2D eigenvalue weighted by atomic mass is 10.4. The summed E-state index contributed by atoms with van der Waals surface area (Å²) in [7, 11) is 1.75. The standard InChI is InChI=1S/C12H19N7S/c1-9-10(2)20-11(18-9)6-16-12(13-3)15-4-5-19-8-14-7-17-19/h7-8H,4-6H2,1-3H3,(H2,13,15,16). The van der Waals surface area contributed by atoms with Crippen molar-refractivity contribution >= 4 is 17.3 Å². The Morgan fingerprint density at radius 1 is 1.40 bits per heavy atom. The Balaban J connectivity index is 1.75. The van der Waals surface area contributed by atoms with E-state index in [1.807, 2.05) is 6.92 Å². The second kappa shape index (κ2) is 6.99. The van der Waals surface area contributed by atoms with Gasteiger partial charge in [-0.2, -0.15) is 5.10 Å². The predicted molar refractivity (Wildman–Crippen MR) is 79.8 cm³/mol. The quantitative estimate of drug-likeness (QED) is 0.627. The SMILES string of the molecule is CN=C(NCCn1cncn1)NCc1nc(C)c(C)s1. The molecule has 2 rings (SSSR count). The molecule has 0 spiro atoms. The number of hydrogen-bond acceptors (Lipinski definition) is 5. The maximum Gasteiger partial charge on any atom is 0.191 e. The molecule has 108 valence electrons. The van der Waals surface area contributed by atoms with Crippen molar-refractivity contribution in [2.24, 2.45) is 4.99 Å². The fourth-order valence-corrected chi connectivity index (χ4v) is 2.51. The zero-order valence-electron chi connectivity index (χ0n) is 11.9. The summed E-state index contributed by atoms with van der Waals surface area (Å²) in [6.07, 6.45) is 3.22. The minimum atomic E-state index is 0.683. The van der Waals surface area contributed by atoms with Crippen LogP contribution in [0.1, 0.15) is 15.6 Å². The van der Waals surface area contributed by atoms with E-state index in [9.17, 15) is 0 Å². The summed E-state index contributed by atoms with van der Waals surface area (Å²) >= 11 is 1.71. The minimum Gasteiger partial charge on any atom is -0.355 e. The number of hydrogen-bond donors (Lipinski definition) is 2. The van der Waals surface area contributed by atoms with Crippen molar-refractivity contribution in [3.05, 3.63) is 28.2 Å². The summed E-state index contributed by atoms with van der Waals surface area (Å²) < 4.78 is 1.77. The molecule has 0 saturated heterocycles. The molecule has 7 nitrogen and oxygen atoms in total. The molecule has 8 heteroatoms. The molecule has 0 fully saturated rings. The van der Waals surface area contributed by atoms with E-state index >= 15 is 0 Å². The molecule has 0 radical (unpaired) electrons. The normalized spacial score (nSPS) is 11.7. The summed E-state index contributed by atoms with van der Waals surface area (Å²) in [5, 5.41) is 11.6. The molecular weight excluding hydrogens is 274 g/mol. The third kappa shape index (κ3) is 4.02. The molecule has 0 aliphatic rings. The largest absolute Gasteiger partial charge is 0.355 e. The van der Waals surface area contributed by atoms with Gasteiger partial charge < -0.3 is 10.6 Å². The first-order valence-corrected chi connectivity index (χ1v) is 7.20. The molecule has 2 aromatic heterocycles. The van der Waals surface area contributed by atoms with Crippen molar-refractivity contribution < 1.29 is 0 Å². The minimum absolute atomic E-state index is 0.683. The molecule has 0 amide bonds. The number of rotatable bonds is 5. The van der Waals surface area contributed by atoms with Crippen molar-refractivity contribution in [1.29, 1.82) is 0 Å². The van der Waals surface area contributed by atoms with E-state index in [4.69, 9.17) is 0 Å². The van der Waals surface area contributed by atoms with E-state index < -0.39 is 0 Å². The molecule has 2 N–H and O–H groups in total. The van der Waals surface area contributed by atoms with Crippen molar-refractivity contribution in [3.63, 3.8) is 0 Å². The van der Waals surface area contributed by atoms with Crippen molar-refractivity contribution in [2.45, 2.75) is 26.9 Å². The lowest BCUT2D eigenvalue weighted by molar-refractivity contribution is 0.596. The number of nitrogens with zero attached hydrogens (tertiary/aromatic N) is 5. The third-order valence-electron chi connectivity index (χ3n) is 2.80. The summed E-state index contributed by atoms with van der Waals surface area (Å²) in [5.41, 5.74) is 1.10. The highest BCUT2D eigenvalue weighted by Gasteiger charge is 2.04. The van der Waals surface area contributed by atoms with Crippen LogP contribution in [-0.4, -0.2) is 39.3 Å². The lowest BCUT2D eigenvalue weighted by Crippen LogP contribution is -2.38. The van der Waals surface area contributed by atoms with Crippen LogP contribution in [0.2, 0.25) is 0 Å². The van der Waals surface area contributed by atoms with E-state index in [-0.39, 0.29) is 0 Å². The van der Waals surface area contributed by atoms with Crippen LogP contribution in [0.3, 0.4) is 0 Å². The monoisotopic (exact) mass is 293 g/mol. The van der Waals surface area contributed by atoms with Crippen LogP contribution < -0.4 is 10.6 Å². The Morgan fingerprint density at radius 2 is 2.25 bits per heavy atom. The van der Waals surface area contributed by atoms with Crippen LogP contribution in [0.25, 0.3) is 0 Å². The topological polar surface area (TPSA) is 80.0 Å². The van der Waals surface area contributed by atoms with Crippen LogP contribution in [-0.2, 0) is 13.1 Å². The van der Waals surface area contributed by atoms with Gasteiger partial charge in [-0.1, -0.05) is 0 Å². The maximum absolute atomic E-state index is 4.49. The number of guanidine groups is 1. The zero-order valence-corrected chi connectivity index (χ0v) is 12.7. The van der Waals surface area contributed by atoms with Crippen LogP contribution in [0, 0.1) is 13.8 Å². The Bertz CT molecular complexity index is 539. The molecular formula is C12H19N7S. The number of thiazole rings is 1. The number of aliphatic imine (C=N–C) groups is 1. The van der Waals surface area contributed by atoms with E-state index in [0.717, 1.165) is 29.8 Å². The molecule has 20 heavy (non-hydrogen) atoms. The number of aromatic nitrogens is 4. The smallest absolute Gasteiger partial charge is 0.191 e. The van der Waals surface area contributed by atoms with Gasteiger partial charge in [-0.05, 0) is 13.8 Å². The van der Waals surface area contributed by atoms with Gasteiger partial charge in [0.25, 0.3) is 0 Å². The van der Waals surface area contributed by atoms with Gasteiger partial charge in [-0.25, -0.2) is 9.97 Å². The van der Waals surface area contributed by atoms with Crippen LogP contribution in [0.4, 0.5) is 0 Å². The highest BCUT2D eigenvalue weighted by molar-refractivity contribution is 7.11. The van der Waals surface area contributed by atoms with E-state index in [2.05, 4.69) is 37.6 Å². The molecule has 0 bridgehead atoms. The Kier molecular flexibility index (Phi) is 5.05. The Hall–Kier alpha value is -1.96. The molecule has 0 aromatic carbocycles. The fourth-order valence-electron chi connectivity index (χ4n) is 1.63. The van der Waals surface area contributed by atoms with E-state index in [1.54, 1.807) is 29.4 Å². The van der Waals surface area contributed by atoms with Crippen LogP contribution in [0.5, 0.6) is 0 Å². The second-order valence-corrected chi connectivity index (χ2v) is 5.55. The average Bonchev–Trinajstić information content (AvgIpc) is 3.05. The van der Waals surface area contributed by atoms with Gasteiger partial charge in [0, 0.05) is 18.5 Å². The van der Waals surface area contributed by atoms with Crippen molar-refractivity contribution in [1.82, 2.24) is 30.4 Å². The van der Waals surface area contributed by atoms with Gasteiger partial charge in [0.1, 0.15) is 17.7 Å². The lowest BCUT2D eigenvalue weighted by Gasteiger charge is -2.10. The van der Waals surface area contributed by atoms with Crippen molar-refractivity contribution in [3.8, 4) is 0 Å². The second-order valence-electron chi connectivity index (χ2n) is 4.26. The first-order chi connectivity index (χ1) is 9.69. The number of aryl methyl sites for hydroxylation is 2. The number of nitrogens with one attached hydrogen (secondary N) is 2. The van der Waals surface area contributed by atoms with Gasteiger partial charge in [-0.3, -0.25) is 9.67 Å². The van der Waals surface area contributed by atoms with Gasteiger partial charge in [-0.15, -0.1) is 11.3 Å². The van der Waals surface area contributed by atoms with E-state index in [1.165, 1.54) is 11.2 Å². The Labute approximate surface area is 122 Å². The molecule has 2 aromatic rings. The van der Waals surface area contributed by atoms with Crippen LogP contribution >= 0.6 is 11.3 Å². The predicted octanol–water partition coefficient (Wildman–Crippen LogP) is 0.717. The van der Waals surface area contributed by atoms with Crippen molar-refractivity contribution in [2.75, 3.05) is 13.6 Å². The summed E-state index contributed by atoms with van der Waals surface area (Å²) in [5.74, 6) is 0.760. The molecule has 2 heterocycles. The molecule has 0 aliphatic carbocycles. The Morgan fingerprint density at radius 3 is 2.85 bits per heavy atom. The molecule has 0 aliphatic heterocycles.